The molecule has 0 heterocycles. The van der Waals surface area contributed by atoms with Crippen molar-refractivity contribution < 1.29 is 4.84 Å². The molecule has 0 bridgehead atoms. The highest BCUT2D eigenvalue weighted by Gasteiger charge is 1.97. The molecule has 0 spiro atoms. The minimum absolute atomic E-state index is 0.764. The van der Waals surface area contributed by atoms with Crippen LogP contribution in [0.3, 0.4) is 0 Å². The van der Waals surface area contributed by atoms with E-state index in [0.717, 1.165) is 22.6 Å². The summed E-state index contributed by atoms with van der Waals surface area (Å²) in [6, 6.07) is 17.8. The zero-order chi connectivity index (χ0) is 12.1. The Balaban J connectivity index is 2.11. The maximum absolute atomic E-state index is 5.39. The van der Waals surface area contributed by atoms with E-state index in [9.17, 15) is 0 Å². The van der Waals surface area contributed by atoms with E-state index in [1.165, 1.54) is 0 Å². The molecule has 0 radical (unpaired) electrons. The van der Waals surface area contributed by atoms with Crippen LogP contribution < -0.4 is 4.84 Å². The van der Waals surface area contributed by atoms with E-state index in [4.69, 9.17) is 4.84 Å². The second-order valence-electron chi connectivity index (χ2n) is 3.95. The Hall–Kier alpha value is -2.09. The molecular formula is C15H15NO. The van der Waals surface area contributed by atoms with Crippen LogP contribution in [0.1, 0.15) is 18.1 Å². The molecule has 0 aliphatic rings. The van der Waals surface area contributed by atoms with Crippen molar-refractivity contribution in [3.05, 3.63) is 65.7 Å². The van der Waals surface area contributed by atoms with Gasteiger partial charge in [-0.1, -0.05) is 47.6 Å². The Morgan fingerprint density at radius 3 is 2.47 bits per heavy atom. The van der Waals surface area contributed by atoms with E-state index >= 15 is 0 Å². The molecule has 0 amide bonds. The molecule has 2 aromatic carbocycles. The summed E-state index contributed by atoms with van der Waals surface area (Å²) in [6.45, 7) is 3.96. The predicted molar refractivity (Wildman–Crippen MR) is 70.5 cm³/mol. The summed E-state index contributed by atoms with van der Waals surface area (Å²) in [5.41, 5.74) is 3.10. The van der Waals surface area contributed by atoms with Gasteiger partial charge in [0.2, 0.25) is 0 Å². The van der Waals surface area contributed by atoms with E-state index in [-0.39, 0.29) is 0 Å². The highest BCUT2D eigenvalue weighted by Crippen LogP contribution is 2.13. The van der Waals surface area contributed by atoms with Gasteiger partial charge in [0.25, 0.3) is 0 Å². The van der Waals surface area contributed by atoms with Crippen molar-refractivity contribution in [2.75, 3.05) is 0 Å². The van der Waals surface area contributed by atoms with Gasteiger partial charge in [-0.15, -0.1) is 0 Å². The molecule has 2 nitrogen and oxygen atoms in total. The average Bonchev–Trinajstić information content (AvgIpc) is 2.37. The van der Waals surface area contributed by atoms with Crippen LogP contribution in [0.5, 0.6) is 5.75 Å². The highest BCUT2D eigenvalue weighted by atomic mass is 16.6. The summed E-state index contributed by atoms with van der Waals surface area (Å²) >= 11 is 0. The summed E-state index contributed by atoms with van der Waals surface area (Å²) in [5.74, 6) is 0.764. The van der Waals surface area contributed by atoms with E-state index in [1.807, 2.05) is 68.4 Å². The first-order valence-electron chi connectivity index (χ1n) is 5.59. The second kappa shape index (κ2) is 5.30. The molecular weight excluding hydrogens is 210 g/mol. The van der Waals surface area contributed by atoms with Gasteiger partial charge < -0.3 is 4.84 Å². The smallest absolute Gasteiger partial charge is 0.158 e. The third kappa shape index (κ3) is 3.18. The minimum Gasteiger partial charge on any atom is -0.357 e. The summed E-state index contributed by atoms with van der Waals surface area (Å²) in [7, 11) is 0. The van der Waals surface area contributed by atoms with Crippen LogP contribution in [0.15, 0.2) is 59.8 Å². The molecule has 86 valence electrons. The predicted octanol–water partition coefficient (Wildman–Crippen LogP) is 3.80. The minimum atomic E-state index is 0.764. The Bertz CT molecular complexity index is 517. The molecule has 0 atom stereocenters. The first-order valence-corrected chi connectivity index (χ1v) is 5.59. The fourth-order valence-corrected chi connectivity index (χ4v) is 1.53. The maximum Gasteiger partial charge on any atom is 0.158 e. The lowest BCUT2D eigenvalue weighted by Crippen LogP contribution is -1.97. The quantitative estimate of drug-likeness (QED) is 0.575. The summed E-state index contributed by atoms with van der Waals surface area (Å²) in [5, 5.41) is 4.12. The van der Waals surface area contributed by atoms with Crippen molar-refractivity contribution in [2.45, 2.75) is 13.8 Å². The van der Waals surface area contributed by atoms with Crippen molar-refractivity contribution in [1.29, 1.82) is 0 Å². The number of aryl methyl sites for hydroxylation is 1. The molecule has 0 aliphatic heterocycles. The van der Waals surface area contributed by atoms with Gasteiger partial charge in [0.05, 0.1) is 5.71 Å². The van der Waals surface area contributed by atoms with Crippen molar-refractivity contribution in [3.8, 4) is 5.75 Å². The monoisotopic (exact) mass is 225 g/mol. The largest absolute Gasteiger partial charge is 0.357 e. The molecule has 0 fully saturated rings. The van der Waals surface area contributed by atoms with Gasteiger partial charge in [0.15, 0.2) is 5.75 Å². The van der Waals surface area contributed by atoms with Gasteiger partial charge in [0.1, 0.15) is 0 Å². The lowest BCUT2D eigenvalue weighted by molar-refractivity contribution is 0.341. The lowest BCUT2D eigenvalue weighted by atomic mass is 10.1. The van der Waals surface area contributed by atoms with Crippen molar-refractivity contribution in [2.24, 2.45) is 5.16 Å². The Labute approximate surface area is 102 Å². The van der Waals surface area contributed by atoms with Crippen LogP contribution in [0, 0.1) is 6.92 Å². The van der Waals surface area contributed by atoms with Crippen LogP contribution in [0.4, 0.5) is 0 Å². The first kappa shape index (κ1) is 11.4. The maximum atomic E-state index is 5.39. The summed E-state index contributed by atoms with van der Waals surface area (Å²) < 4.78 is 0. The molecule has 0 unspecified atom stereocenters. The number of hydrogen-bond donors (Lipinski definition) is 0. The SMILES string of the molecule is C/C(=N\Oc1cccc(C)c1)c1ccccc1. The van der Waals surface area contributed by atoms with E-state index in [1.54, 1.807) is 0 Å². The average molecular weight is 225 g/mol. The van der Waals surface area contributed by atoms with Gasteiger partial charge in [-0.05, 0) is 37.1 Å². The van der Waals surface area contributed by atoms with Crippen LogP contribution in [0.25, 0.3) is 0 Å². The van der Waals surface area contributed by atoms with Gasteiger partial charge in [-0.3, -0.25) is 0 Å². The molecule has 0 aromatic heterocycles. The normalized spacial score (nSPS) is 11.3. The van der Waals surface area contributed by atoms with Gasteiger partial charge >= 0.3 is 0 Å². The van der Waals surface area contributed by atoms with E-state index in [2.05, 4.69) is 5.16 Å². The molecule has 2 aromatic rings. The van der Waals surface area contributed by atoms with E-state index in [0.29, 0.717) is 0 Å². The number of nitrogens with zero attached hydrogens (tertiary/aromatic N) is 1. The molecule has 17 heavy (non-hydrogen) atoms. The first-order chi connectivity index (χ1) is 8.25. The van der Waals surface area contributed by atoms with Crippen molar-refractivity contribution >= 4 is 5.71 Å². The topological polar surface area (TPSA) is 21.6 Å². The number of oxime groups is 1. The Morgan fingerprint density at radius 2 is 1.76 bits per heavy atom. The van der Waals surface area contributed by atoms with Crippen LogP contribution in [-0.4, -0.2) is 5.71 Å². The molecule has 2 rings (SSSR count). The van der Waals surface area contributed by atoms with Gasteiger partial charge in [-0.2, -0.15) is 0 Å². The van der Waals surface area contributed by atoms with E-state index < -0.39 is 0 Å². The number of hydrogen-bond acceptors (Lipinski definition) is 2. The van der Waals surface area contributed by atoms with Crippen molar-refractivity contribution in [1.82, 2.24) is 0 Å². The summed E-state index contributed by atoms with van der Waals surface area (Å²) in [4.78, 5) is 5.39. The number of benzene rings is 2. The Morgan fingerprint density at radius 1 is 1.00 bits per heavy atom. The lowest BCUT2D eigenvalue weighted by Gasteiger charge is -2.02. The molecule has 0 N–H and O–H groups in total. The second-order valence-corrected chi connectivity index (χ2v) is 3.95. The fraction of sp³-hybridized carbons (Fsp3) is 0.133. The fourth-order valence-electron chi connectivity index (χ4n) is 1.53. The molecule has 0 aliphatic carbocycles. The zero-order valence-corrected chi connectivity index (χ0v) is 10.1. The molecule has 2 heteroatoms. The van der Waals surface area contributed by atoms with Crippen LogP contribution in [-0.2, 0) is 0 Å². The molecule has 0 saturated carbocycles. The standard InChI is InChI=1S/C15H15NO/c1-12-7-6-10-15(11-12)17-16-13(2)14-8-4-3-5-9-14/h3-11H,1-2H3/b16-13+. The van der Waals surface area contributed by atoms with Crippen molar-refractivity contribution in [3.63, 3.8) is 0 Å². The Kier molecular flexibility index (Phi) is 3.55. The van der Waals surface area contributed by atoms with Crippen LogP contribution >= 0.6 is 0 Å². The van der Waals surface area contributed by atoms with Gasteiger partial charge in [0, 0.05) is 0 Å². The summed E-state index contributed by atoms with van der Waals surface area (Å²) in [6.07, 6.45) is 0. The van der Waals surface area contributed by atoms with Gasteiger partial charge in [-0.25, -0.2) is 0 Å². The third-order valence-electron chi connectivity index (χ3n) is 2.47. The zero-order valence-electron chi connectivity index (χ0n) is 10.1. The number of rotatable bonds is 3. The third-order valence-corrected chi connectivity index (χ3v) is 2.47. The van der Waals surface area contributed by atoms with Crippen LogP contribution in [0.2, 0.25) is 0 Å². The molecule has 0 saturated heterocycles. The highest BCUT2D eigenvalue weighted by molar-refractivity contribution is 5.98.